The van der Waals surface area contributed by atoms with Crippen molar-refractivity contribution in [3.8, 4) is 5.75 Å². The number of benzene rings is 1. The van der Waals surface area contributed by atoms with Gasteiger partial charge in [-0.2, -0.15) is 0 Å². The van der Waals surface area contributed by atoms with Gasteiger partial charge in [0, 0.05) is 17.4 Å². The summed E-state index contributed by atoms with van der Waals surface area (Å²) in [6, 6.07) is 7.70. The fourth-order valence-corrected chi connectivity index (χ4v) is 4.88. The normalized spacial score (nSPS) is 31.4. The first-order valence-electron chi connectivity index (χ1n) is 9.51. The quantitative estimate of drug-likeness (QED) is 0.789. The molecule has 0 amide bonds. The maximum Gasteiger partial charge on any atom is 0.128 e. The van der Waals surface area contributed by atoms with E-state index >= 15 is 0 Å². The summed E-state index contributed by atoms with van der Waals surface area (Å²) < 4.78 is 12.1. The summed E-state index contributed by atoms with van der Waals surface area (Å²) in [5.41, 5.74) is 2.56. The predicted octanol–water partition coefficient (Wildman–Crippen LogP) is 3.17. The molecule has 3 aliphatic rings. The Morgan fingerprint density at radius 1 is 1.12 bits per heavy atom. The van der Waals surface area contributed by atoms with Crippen molar-refractivity contribution in [2.75, 3.05) is 6.61 Å². The van der Waals surface area contributed by atoms with Gasteiger partial charge >= 0.3 is 0 Å². The van der Waals surface area contributed by atoms with E-state index < -0.39 is 12.6 Å². The Morgan fingerprint density at radius 3 is 2.80 bits per heavy atom. The molecule has 0 unspecified atom stereocenters. The second kappa shape index (κ2) is 7.20. The van der Waals surface area contributed by atoms with E-state index in [0.29, 0.717) is 17.6 Å². The van der Waals surface area contributed by atoms with Crippen LogP contribution in [0.15, 0.2) is 35.9 Å². The first-order valence-corrected chi connectivity index (χ1v) is 9.51. The number of hydrogen-bond donors (Lipinski definition) is 0. The van der Waals surface area contributed by atoms with Crippen molar-refractivity contribution in [2.24, 2.45) is 11.8 Å². The van der Waals surface area contributed by atoms with Crippen molar-refractivity contribution in [3.63, 3.8) is 0 Å². The van der Waals surface area contributed by atoms with Crippen LogP contribution in [0.1, 0.15) is 56.6 Å². The van der Waals surface area contributed by atoms with Crippen LogP contribution in [0.2, 0.25) is 0 Å². The van der Waals surface area contributed by atoms with Crippen LogP contribution in [-0.2, 0) is 9.53 Å². The molecule has 2 aliphatic carbocycles. The molecule has 0 bridgehead atoms. The second-order valence-corrected chi connectivity index (χ2v) is 7.43. The molecule has 0 radical (unpaired) electrons. The second-order valence-electron chi connectivity index (χ2n) is 7.43. The third-order valence-electron chi connectivity index (χ3n) is 5.92. The number of carbonyl (C=O) groups is 1. The summed E-state index contributed by atoms with van der Waals surface area (Å²) in [5, 5.41) is 10.8. The number of aliphatic carboxylic acids is 1. The highest BCUT2D eigenvalue weighted by Crippen LogP contribution is 2.52. The fourth-order valence-electron chi connectivity index (χ4n) is 4.88. The zero-order chi connectivity index (χ0) is 17.2. The maximum atomic E-state index is 10.8. The molecule has 1 saturated heterocycles. The van der Waals surface area contributed by atoms with Crippen LogP contribution < -0.4 is 9.84 Å². The van der Waals surface area contributed by atoms with Gasteiger partial charge in [0.05, 0.1) is 18.2 Å². The maximum absolute atomic E-state index is 10.8. The Hall–Kier alpha value is -1.81. The summed E-state index contributed by atoms with van der Waals surface area (Å²) in [4.78, 5) is 10.8. The zero-order valence-corrected chi connectivity index (χ0v) is 14.5. The predicted molar refractivity (Wildman–Crippen MR) is 91.9 cm³/mol. The number of carboxylic acids is 1. The van der Waals surface area contributed by atoms with Crippen LogP contribution in [0.5, 0.6) is 5.75 Å². The zero-order valence-electron chi connectivity index (χ0n) is 14.5. The highest BCUT2D eigenvalue weighted by atomic mass is 16.5. The van der Waals surface area contributed by atoms with Crippen LogP contribution >= 0.6 is 0 Å². The summed E-state index contributed by atoms with van der Waals surface area (Å²) in [5.74, 6) is 0.369. The lowest BCUT2D eigenvalue weighted by atomic mass is 9.68. The van der Waals surface area contributed by atoms with Crippen LogP contribution in [0.25, 0.3) is 0 Å². The molecule has 25 heavy (non-hydrogen) atoms. The Labute approximate surface area is 148 Å². The van der Waals surface area contributed by atoms with Gasteiger partial charge in [0.25, 0.3) is 0 Å². The van der Waals surface area contributed by atoms with Gasteiger partial charge in [0.15, 0.2) is 0 Å². The average Bonchev–Trinajstić information content (AvgIpc) is 2.66. The van der Waals surface area contributed by atoms with E-state index in [0.717, 1.165) is 18.4 Å². The first-order chi connectivity index (χ1) is 12.2. The minimum atomic E-state index is -1.20. The topological polar surface area (TPSA) is 58.6 Å². The minimum absolute atomic E-state index is 0.0381. The standard InChI is InChI=1S/C21H26O4/c22-20(23)13-24-18-11-5-4-10-17(18)21-16-9-2-1-7-14(16)15-8-3-6-12-19(15)25-21/h4-5,7,10-11,15-16,19,21H,1-3,6,8-9,12-13H2,(H,22,23)/p-1/t15-,16+,19-,21-/m1/s1. The molecule has 4 atom stereocenters. The van der Waals surface area contributed by atoms with Gasteiger partial charge in [-0.25, -0.2) is 0 Å². The molecular formula is C21H25O4-. The molecule has 1 heterocycles. The van der Waals surface area contributed by atoms with Gasteiger partial charge in [-0.1, -0.05) is 42.7 Å². The van der Waals surface area contributed by atoms with Crippen LogP contribution in [0.4, 0.5) is 0 Å². The Balaban J connectivity index is 1.66. The lowest BCUT2D eigenvalue weighted by molar-refractivity contribution is -0.307. The average molecular weight is 341 g/mol. The highest BCUT2D eigenvalue weighted by Gasteiger charge is 2.44. The molecule has 1 aliphatic heterocycles. The molecule has 134 valence electrons. The van der Waals surface area contributed by atoms with Gasteiger partial charge < -0.3 is 19.4 Å². The van der Waals surface area contributed by atoms with E-state index in [4.69, 9.17) is 9.47 Å². The molecular weight excluding hydrogens is 316 g/mol. The van der Waals surface area contributed by atoms with Crippen LogP contribution in [0, 0.1) is 11.8 Å². The number of allylic oxidation sites excluding steroid dienone is 1. The smallest absolute Gasteiger partial charge is 0.128 e. The first kappa shape index (κ1) is 16.6. The number of fused-ring (bicyclic) bond motifs is 3. The number of carbonyl (C=O) groups excluding carboxylic acids is 1. The largest absolute Gasteiger partial charge is 0.546 e. The van der Waals surface area contributed by atoms with Crippen molar-refractivity contribution in [3.05, 3.63) is 41.5 Å². The molecule has 1 saturated carbocycles. The summed E-state index contributed by atoms with van der Waals surface area (Å²) in [6.07, 6.45) is 11.1. The lowest BCUT2D eigenvalue weighted by Crippen LogP contribution is -2.41. The monoisotopic (exact) mass is 341 g/mol. The van der Waals surface area contributed by atoms with Crippen molar-refractivity contribution in [1.82, 2.24) is 0 Å². The van der Waals surface area contributed by atoms with Crippen molar-refractivity contribution in [1.29, 1.82) is 0 Å². The number of ether oxygens (including phenoxy) is 2. The van der Waals surface area contributed by atoms with E-state index in [1.807, 2.05) is 24.3 Å². The fraction of sp³-hybridized carbons (Fsp3) is 0.571. The van der Waals surface area contributed by atoms with E-state index in [2.05, 4.69) is 6.08 Å². The molecule has 0 N–H and O–H groups in total. The lowest BCUT2D eigenvalue weighted by Gasteiger charge is -2.47. The third-order valence-corrected chi connectivity index (χ3v) is 5.92. The minimum Gasteiger partial charge on any atom is -0.546 e. The molecule has 4 nitrogen and oxygen atoms in total. The molecule has 2 fully saturated rings. The third kappa shape index (κ3) is 3.32. The van der Waals surface area contributed by atoms with Gasteiger partial charge in [-0.15, -0.1) is 0 Å². The van der Waals surface area contributed by atoms with E-state index in [1.54, 1.807) is 5.57 Å². The number of rotatable bonds is 4. The molecule has 1 aromatic carbocycles. The number of hydrogen-bond acceptors (Lipinski definition) is 4. The molecule has 0 spiro atoms. The highest BCUT2D eigenvalue weighted by molar-refractivity contribution is 5.66. The van der Waals surface area contributed by atoms with Crippen LogP contribution in [-0.4, -0.2) is 18.7 Å². The SMILES string of the molecule is O=C([O-])COc1ccccc1[C@@H]1O[C@@H]2CCCC[C@@H]2C2=CCCC[C@@H]21. The van der Waals surface area contributed by atoms with Gasteiger partial charge in [0.2, 0.25) is 0 Å². The summed E-state index contributed by atoms with van der Waals surface area (Å²) >= 11 is 0. The Morgan fingerprint density at radius 2 is 1.92 bits per heavy atom. The molecule has 1 aromatic rings. The molecule has 4 rings (SSSR count). The van der Waals surface area contributed by atoms with E-state index in [9.17, 15) is 9.90 Å². The van der Waals surface area contributed by atoms with Crippen molar-refractivity contribution >= 4 is 5.97 Å². The van der Waals surface area contributed by atoms with Crippen LogP contribution in [0.3, 0.4) is 0 Å². The van der Waals surface area contributed by atoms with Crippen molar-refractivity contribution in [2.45, 2.75) is 57.2 Å². The van der Waals surface area contributed by atoms with Gasteiger partial charge in [0.1, 0.15) is 12.4 Å². The van der Waals surface area contributed by atoms with E-state index in [-0.39, 0.29) is 12.2 Å². The van der Waals surface area contributed by atoms with Gasteiger partial charge in [-0.3, -0.25) is 0 Å². The number of para-hydroxylation sites is 1. The Kier molecular flexibility index (Phi) is 4.80. The van der Waals surface area contributed by atoms with Gasteiger partial charge in [-0.05, 0) is 38.2 Å². The van der Waals surface area contributed by atoms with Crippen molar-refractivity contribution < 1.29 is 19.4 Å². The molecule has 4 heteroatoms. The Bertz CT molecular complexity index is 666. The molecule has 0 aromatic heterocycles. The van der Waals surface area contributed by atoms with E-state index in [1.165, 1.54) is 32.1 Å². The number of carboxylic acid groups (broad SMARTS) is 1. The summed E-state index contributed by atoms with van der Waals surface area (Å²) in [6.45, 7) is -0.427. The summed E-state index contributed by atoms with van der Waals surface area (Å²) in [7, 11) is 0.